The van der Waals surface area contributed by atoms with E-state index < -0.39 is 11.6 Å². The van der Waals surface area contributed by atoms with Crippen LogP contribution >= 0.6 is 15.9 Å². The first-order chi connectivity index (χ1) is 7.96. The number of carbonyl (C=O) groups excluding carboxylic acids is 2. The van der Waals surface area contributed by atoms with Gasteiger partial charge < -0.3 is 10.2 Å². The maximum Gasteiger partial charge on any atom is 0.249 e. The maximum absolute atomic E-state index is 12.5. The van der Waals surface area contributed by atoms with Gasteiger partial charge in [-0.3, -0.25) is 9.59 Å². The van der Waals surface area contributed by atoms with E-state index in [1.165, 1.54) is 0 Å². The van der Waals surface area contributed by atoms with Crippen molar-refractivity contribution in [3.05, 3.63) is 11.1 Å². The van der Waals surface area contributed by atoms with Crippen LogP contribution in [0, 0.1) is 0 Å². The summed E-state index contributed by atoms with van der Waals surface area (Å²) < 4.78 is 0.723. The molecule has 1 unspecified atom stereocenters. The van der Waals surface area contributed by atoms with Crippen LogP contribution in [-0.4, -0.2) is 34.8 Å². The Balaban J connectivity index is 2.26. The number of carbonyl (C=O) groups is 2. The number of rotatable bonds is 2. The molecule has 0 aromatic carbocycles. The smallest absolute Gasteiger partial charge is 0.249 e. The highest BCUT2D eigenvalue weighted by Gasteiger charge is 2.50. The molecule has 1 saturated heterocycles. The van der Waals surface area contributed by atoms with Gasteiger partial charge in [-0.05, 0) is 19.8 Å². The summed E-state index contributed by atoms with van der Waals surface area (Å²) in [6.45, 7) is 5.90. The first kappa shape index (κ1) is 12.6. The lowest BCUT2D eigenvalue weighted by atomic mass is 9.91. The Morgan fingerprint density at radius 1 is 1.53 bits per heavy atom. The zero-order valence-corrected chi connectivity index (χ0v) is 11.5. The molecule has 0 aromatic heterocycles. The summed E-state index contributed by atoms with van der Waals surface area (Å²) in [6.07, 6.45) is 3.53. The molecular formula is C12H17BrN2O2. The summed E-state index contributed by atoms with van der Waals surface area (Å²) in [5, 5.41) is 2.92. The van der Waals surface area contributed by atoms with Crippen molar-refractivity contribution in [2.75, 3.05) is 6.54 Å². The quantitative estimate of drug-likeness (QED) is 0.841. The third-order valence-electron chi connectivity index (χ3n) is 3.68. The Kier molecular flexibility index (Phi) is 3.30. The fourth-order valence-electron chi connectivity index (χ4n) is 2.70. The molecule has 5 heteroatoms. The highest BCUT2D eigenvalue weighted by molar-refractivity contribution is 9.11. The second-order valence-corrected chi connectivity index (χ2v) is 6.03. The van der Waals surface area contributed by atoms with Crippen molar-refractivity contribution < 1.29 is 9.59 Å². The molecule has 1 N–H and O–H groups in total. The SMILES string of the molecule is C=C(Br)CN1C(=O)C2(CCCC2)NC(=O)C1C. The molecular weight excluding hydrogens is 284 g/mol. The van der Waals surface area contributed by atoms with Crippen LogP contribution in [0.2, 0.25) is 0 Å². The Bertz CT molecular complexity index is 375. The van der Waals surface area contributed by atoms with Crippen molar-refractivity contribution in [2.24, 2.45) is 0 Å². The molecule has 2 rings (SSSR count). The van der Waals surface area contributed by atoms with Crippen LogP contribution in [0.25, 0.3) is 0 Å². The maximum atomic E-state index is 12.5. The zero-order valence-electron chi connectivity index (χ0n) is 9.96. The fourth-order valence-corrected chi connectivity index (χ4v) is 2.97. The molecule has 1 aliphatic carbocycles. The van der Waals surface area contributed by atoms with Gasteiger partial charge in [0.15, 0.2) is 0 Å². The molecule has 1 saturated carbocycles. The highest BCUT2D eigenvalue weighted by Crippen LogP contribution is 2.34. The van der Waals surface area contributed by atoms with Gasteiger partial charge in [-0.1, -0.05) is 35.4 Å². The number of piperazine rings is 1. The Labute approximate surface area is 110 Å². The Morgan fingerprint density at radius 2 is 2.12 bits per heavy atom. The molecule has 94 valence electrons. The number of halogens is 1. The van der Waals surface area contributed by atoms with E-state index in [0.717, 1.165) is 30.2 Å². The first-order valence-corrected chi connectivity index (χ1v) is 6.72. The number of nitrogens with zero attached hydrogens (tertiary/aromatic N) is 1. The summed E-state index contributed by atoms with van der Waals surface area (Å²) in [5.74, 6) is -0.0112. The van der Waals surface area contributed by atoms with Gasteiger partial charge in [0.2, 0.25) is 11.8 Å². The van der Waals surface area contributed by atoms with Gasteiger partial charge in [0, 0.05) is 4.48 Å². The minimum atomic E-state index is -0.633. The molecule has 1 heterocycles. The third-order valence-corrected chi connectivity index (χ3v) is 3.93. The molecule has 1 spiro atoms. The first-order valence-electron chi connectivity index (χ1n) is 5.93. The molecule has 1 aliphatic heterocycles. The van der Waals surface area contributed by atoms with Gasteiger partial charge in [0.05, 0.1) is 6.54 Å². The Hall–Kier alpha value is -0.840. The van der Waals surface area contributed by atoms with Crippen molar-refractivity contribution in [3.8, 4) is 0 Å². The van der Waals surface area contributed by atoms with Crippen molar-refractivity contribution in [1.82, 2.24) is 10.2 Å². The summed E-state index contributed by atoms with van der Waals surface area (Å²) in [4.78, 5) is 26.1. The second-order valence-electron chi connectivity index (χ2n) is 4.90. The third kappa shape index (κ3) is 2.12. The van der Waals surface area contributed by atoms with Crippen LogP contribution in [0.4, 0.5) is 0 Å². The van der Waals surface area contributed by atoms with Crippen LogP contribution in [0.15, 0.2) is 11.1 Å². The average Bonchev–Trinajstić information content (AvgIpc) is 2.71. The average molecular weight is 301 g/mol. The zero-order chi connectivity index (χ0) is 12.6. The van der Waals surface area contributed by atoms with Crippen LogP contribution < -0.4 is 5.32 Å². The Morgan fingerprint density at radius 3 is 2.65 bits per heavy atom. The summed E-state index contributed by atoms with van der Waals surface area (Å²) in [7, 11) is 0. The van der Waals surface area contributed by atoms with Gasteiger partial charge in [-0.25, -0.2) is 0 Å². The van der Waals surface area contributed by atoms with Gasteiger partial charge >= 0.3 is 0 Å². The monoisotopic (exact) mass is 300 g/mol. The van der Waals surface area contributed by atoms with E-state index in [2.05, 4.69) is 27.8 Å². The standard InChI is InChI=1S/C12H17BrN2O2/c1-8(13)7-15-9(2)10(16)14-12(11(15)17)5-3-4-6-12/h9H,1,3-7H2,2H3,(H,14,16). The van der Waals surface area contributed by atoms with Crippen molar-refractivity contribution in [1.29, 1.82) is 0 Å². The normalized spacial score (nSPS) is 27.4. The van der Waals surface area contributed by atoms with Crippen LogP contribution in [-0.2, 0) is 9.59 Å². The summed E-state index contributed by atoms with van der Waals surface area (Å²) >= 11 is 3.26. The van der Waals surface area contributed by atoms with E-state index in [-0.39, 0.29) is 11.8 Å². The number of nitrogens with one attached hydrogen (secondary N) is 1. The molecule has 4 nitrogen and oxygen atoms in total. The van der Waals surface area contributed by atoms with Gasteiger partial charge in [-0.2, -0.15) is 0 Å². The van der Waals surface area contributed by atoms with Crippen molar-refractivity contribution >= 4 is 27.7 Å². The van der Waals surface area contributed by atoms with Crippen LogP contribution in [0.3, 0.4) is 0 Å². The van der Waals surface area contributed by atoms with E-state index >= 15 is 0 Å². The number of hydrogen-bond donors (Lipinski definition) is 1. The molecule has 2 amide bonds. The number of amides is 2. The fraction of sp³-hybridized carbons (Fsp3) is 0.667. The van der Waals surface area contributed by atoms with Gasteiger partial charge in [0.1, 0.15) is 11.6 Å². The molecule has 17 heavy (non-hydrogen) atoms. The minimum Gasteiger partial charge on any atom is -0.340 e. The largest absolute Gasteiger partial charge is 0.340 e. The van der Waals surface area contributed by atoms with Crippen LogP contribution in [0.5, 0.6) is 0 Å². The summed E-state index contributed by atoms with van der Waals surface area (Å²) in [6, 6.07) is -0.414. The van der Waals surface area contributed by atoms with Gasteiger partial charge in [-0.15, -0.1) is 0 Å². The van der Waals surface area contributed by atoms with Gasteiger partial charge in [0.25, 0.3) is 0 Å². The molecule has 0 radical (unpaired) electrons. The van der Waals surface area contributed by atoms with Crippen LogP contribution in [0.1, 0.15) is 32.6 Å². The second kappa shape index (κ2) is 4.44. The lowest BCUT2D eigenvalue weighted by Crippen LogP contribution is -2.68. The summed E-state index contributed by atoms with van der Waals surface area (Å²) in [5.41, 5.74) is -0.633. The van der Waals surface area contributed by atoms with E-state index in [1.807, 2.05) is 0 Å². The van der Waals surface area contributed by atoms with Crippen molar-refractivity contribution in [3.63, 3.8) is 0 Å². The molecule has 2 fully saturated rings. The topological polar surface area (TPSA) is 49.4 Å². The predicted molar refractivity (Wildman–Crippen MR) is 68.6 cm³/mol. The molecule has 0 bridgehead atoms. The minimum absolute atomic E-state index is 0.0442. The highest BCUT2D eigenvalue weighted by atomic mass is 79.9. The lowest BCUT2D eigenvalue weighted by Gasteiger charge is -2.43. The lowest BCUT2D eigenvalue weighted by molar-refractivity contribution is -0.153. The van der Waals surface area contributed by atoms with E-state index in [0.29, 0.717) is 6.54 Å². The van der Waals surface area contributed by atoms with Crippen molar-refractivity contribution in [2.45, 2.75) is 44.2 Å². The molecule has 0 aromatic rings. The molecule has 1 atom stereocenters. The predicted octanol–water partition coefficient (Wildman–Crippen LogP) is 1.55. The van der Waals surface area contributed by atoms with E-state index in [9.17, 15) is 9.59 Å². The van der Waals surface area contributed by atoms with E-state index in [1.54, 1.807) is 11.8 Å². The number of hydrogen-bond acceptors (Lipinski definition) is 2. The molecule has 2 aliphatic rings. The van der Waals surface area contributed by atoms with E-state index in [4.69, 9.17) is 0 Å².